The highest BCUT2D eigenvalue weighted by Crippen LogP contribution is 2.25. The number of hydrogen-bond donors (Lipinski definition) is 2. The van der Waals surface area contributed by atoms with Crippen LogP contribution in [0.4, 0.5) is 0 Å². The smallest absolute Gasteiger partial charge is 0.224 e. The van der Waals surface area contributed by atoms with Crippen LogP contribution in [0.15, 0.2) is 24.3 Å². The molecule has 1 saturated carbocycles. The van der Waals surface area contributed by atoms with Gasteiger partial charge in [0.05, 0.1) is 13.0 Å². The summed E-state index contributed by atoms with van der Waals surface area (Å²) in [7, 11) is 1.70. The molecule has 1 aliphatic carbocycles. The van der Waals surface area contributed by atoms with E-state index in [-0.39, 0.29) is 17.7 Å². The number of aromatic hydroxyl groups is 1. The number of nitrogens with one attached hydrogen (secondary N) is 1. The zero-order valence-corrected chi connectivity index (χ0v) is 11.3. The molecule has 0 saturated heterocycles. The topological polar surface area (TPSA) is 58.6 Å². The molecule has 4 nitrogen and oxygen atoms in total. The van der Waals surface area contributed by atoms with Crippen molar-refractivity contribution in [2.45, 2.75) is 31.7 Å². The van der Waals surface area contributed by atoms with Crippen molar-refractivity contribution < 1.29 is 14.6 Å². The van der Waals surface area contributed by atoms with Crippen molar-refractivity contribution in [1.29, 1.82) is 0 Å². The zero-order chi connectivity index (χ0) is 13.7. The summed E-state index contributed by atoms with van der Waals surface area (Å²) < 4.78 is 5.19. The van der Waals surface area contributed by atoms with Gasteiger partial charge in [-0.25, -0.2) is 0 Å². The maximum absolute atomic E-state index is 12.0. The van der Waals surface area contributed by atoms with Gasteiger partial charge in [0.15, 0.2) is 0 Å². The molecular weight excluding hydrogens is 242 g/mol. The molecule has 2 rings (SSSR count). The Morgan fingerprint density at radius 3 is 3.05 bits per heavy atom. The quantitative estimate of drug-likeness (QED) is 0.852. The predicted octanol–water partition coefficient (Wildman–Crippen LogP) is 1.87. The number of phenolic OH excluding ortho intramolecular Hbond substituents is 1. The highest BCUT2D eigenvalue weighted by molar-refractivity contribution is 5.79. The maximum Gasteiger partial charge on any atom is 0.224 e. The first-order valence-corrected chi connectivity index (χ1v) is 6.75. The van der Waals surface area contributed by atoms with Gasteiger partial charge < -0.3 is 15.2 Å². The van der Waals surface area contributed by atoms with E-state index >= 15 is 0 Å². The number of carbonyl (C=O) groups is 1. The van der Waals surface area contributed by atoms with E-state index in [1.807, 2.05) is 6.07 Å². The normalized spacial score (nSPS) is 22.4. The highest BCUT2D eigenvalue weighted by Gasteiger charge is 2.28. The largest absolute Gasteiger partial charge is 0.508 e. The lowest BCUT2D eigenvalue weighted by atomic mass is 10.0. The van der Waals surface area contributed by atoms with Crippen LogP contribution in [0.1, 0.15) is 24.8 Å². The minimum atomic E-state index is 0.0126. The van der Waals surface area contributed by atoms with Gasteiger partial charge in [-0.1, -0.05) is 18.6 Å². The molecule has 2 N–H and O–H groups in total. The van der Waals surface area contributed by atoms with E-state index in [0.717, 1.165) is 24.8 Å². The Kier molecular flexibility index (Phi) is 4.80. The molecule has 0 bridgehead atoms. The first-order chi connectivity index (χ1) is 9.19. The van der Waals surface area contributed by atoms with Crippen molar-refractivity contribution in [3.63, 3.8) is 0 Å². The van der Waals surface area contributed by atoms with E-state index < -0.39 is 0 Å². The third-order valence-corrected chi connectivity index (χ3v) is 3.66. The summed E-state index contributed by atoms with van der Waals surface area (Å²) in [4.78, 5) is 12.0. The number of benzene rings is 1. The van der Waals surface area contributed by atoms with Crippen LogP contribution in [0.3, 0.4) is 0 Å². The van der Waals surface area contributed by atoms with Gasteiger partial charge in [-0.2, -0.15) is 0 Å². The van der Waals surface area contributed by atoms with Gasteiger partial charge in [-0.15, -0.1) is 0 Å². The Hall–Kier alpha value is -1.55. The fourth-order valence-electron chi connectivity index (χ4n) is 2.75. The Bertz CT molecular complexity index is 433. The minimum absolute atomic E-state index is 0.0126. The van der Waals surface area contributed by atoms with Crippen LogP contribution in [0, 0.1) is 5.92 Å². The summed E-state index contributed by atoms with van der Waals surface area (Å²) in [5.74, 6) is 0.639. The number of carbonyl (C=O) groups excluding carboxylic acids is 1. The minimum Gasteiger partial charge on any atom is -0.508 e. The fourth-order valence-corrected chi connectivity index (χ4v) is 2.75. The van der Waals surface area contributed by atoms with Crippen molar-refractivity contribution in [2.75, 3.05) is 13.7 Å². The third kappa shape index (κ3) is 3.96. The number of methoxy groups -OCH3 is 1. The van der Waals surface area contributed by atoms with Crippen molar-refractivity contribution in [3.05, 3.63) is 29.8 Å². The standard InChI is InChI=1S/C15H21NO3/c1-19-10-12-5-3-7-14(12)16-15(18)9-11-4-2-6-13(17)8-11/h2,4,6,8,12,14,17H,3,5,7,9-10H2,1H3,(H,16,18)/t12-,14-/m0/s1. The van der Waals surface area contributed by atoms with Crippen LogP contribution < -0.4 is 5.32 Å². The van der Waals surface area contributed by atoms with Crippen LogP contribution in [0.5, 0.6) is 5.75 Å². The van der Waals surface area contributed by atoms with Gasteiger partial charge in [-0.05, 0) is 30.5 Å². The summed E-state index contributed by atoms with van der Waals surface area (Å²) in [6.45, 7) is 0.705. The molecule has 1 aliphatic rings. The summed E-state index contributed by atoms with van der Waals surface area (Å²) >= 11 is 0. The van der Waals surface area contributed by atoms with Gasteiger partial charge in [0.2, 0.25) is 5.91 Å². The second kappa shape index (κ2) is 6.57. The summed E-state index contributed by atoms with van der Waals surface area (Å²) in [5.41, 5.74) is 0.832. The summed E-state index contributed by atoms with van der Waals surface area (Å²) in [5, 5.41) is 12.5. The van der Waals surface area contributed by atoms with Crippen molar-refractivity contribution in [3.8, 4) is 5.75 Å². The van der Waals surface area contributed by atoms with Crippen LogP contribution in [0.25, 0.3) is 0 Å². The zero-order valence-electron chi connectivity index (χ0n) is 11.3. The molecule has 0 unspecified atom stereocenters. The van der Waals surface area contributed by atoms with E-state index in [4.69, 9.17) is 4.74 Å². The van der Waals surface area contributed by atoms with Gasteiger partial charge in [-0.3, -0.25) is 4.79 Å². The van der Waals surface area contributed by atoms with E-state index in [9.17, 15) is 9.90 Å². The number of hydrogen-bond acceptors (Lipinski definition) is 3. The van der Waals surface area contributed by atoms with Crippen molar-refractivity contribution in [1.82, 2.24) is 5.32 Å². The molecule has 0 heterocycles. The lowest BCUT2D eigenvalue weighted by molar-refractivity contribution is -0.121. The van der Waals surface area contributed by atoms with Crippen LogP contribution >= 0.6 is 0 Å². The van der Waals surface area contributed by atoms with Crippen molar-refractivity contribution in [2.24, 2.45) is 5.92 Å². The first kappa shape index (κ1) is 13.9. The molecule has 104 valence electrons. The Labute approximate surface area is 113 Å². The van der Waals surface area contributed by atoms with E-state index in [1.54, 1.807) is 25.3 Å². The number of rotatable bonds is 5. The lowest BCUT2D eigenvalue weighted by Crippen LogP contribution is -2.39. The maximum atomic E-state index is 12.0. The Balaban J connectivity index is 1.87. The van der Waals surface area contributed by atoms with Gasteiger partial charge in [0.1, 0.15) is 5.75 Å². The van der Waals surface area contributed by atoms with E-state index in [1.165, 1.54) is 0 Å². The average Bonchev–Trinajstić information content (AvgIpc) is 2.77. The molecular formula is C15H21NO3. The molecule has 0 aromatic heterocycles. The lowest BCUT2D eigenvalue weighted by Gasteiger charge is -2.20. The summed E-state index contributed by atoms with van der Waals surface area (Å²) in [6.07, 6.45) is 3.60. The van der Waals surface area contributed by atoms with Crippen LogP contribution in [0.2, 0.25) is 0 Å². The third-order valence-electron chi connectivity index (χ3n) is 3.66. The Morgan fingerprint density at radius 2 is 2.32 bits per heavy atom. The summed E-state index contributed by atoms with van der Waals surface area (Å²) in [6, 6.07) is 7.06. The van der Waals surface area contributed by atoms with Crippen LogP contribution in [-0.2, 0) is 16.0 Å². The van der Waals surface area contributed by atoms with E-state index in [0.29, 0.717) is 18.9 Å². The molecule has 1 amide bonds. The Morgan fingerprint density at radius 1 is 1.47 bits per heavy atom. The second-order valence-corrected chi connectivity index (χ2v) is 5.17. The van der Waals surface area contributed by atoms with Gasteiger partial charge >= 0.3 is 0 Å². The number of amides is 1. The predicted molar refractivity (Wildman–Crippen MR) is 73.0 cm³/mol. The molecule has 0 spiro atoms. The van der Waals surface area contributed by atoms with Crippen LogP contribution in [-0.4, -0.2) is 30.8 Å². The van der Waals surface area contributed by atoms with Gasteiger partial charge in [0.25, 0.3) is 0 Å². The molecule has 1 aromatic rings. The average molecular weight is 263 g/mol. The molecule has 1 aromatic carbocycles. The molecule has 1 fully saturated rings. The molecule has 19 heavy (non-hydrogen) atoms. The fraction of sp³-hybridized carbons (Fsp3) is 0.533. The van der Waals surface area contributed by atoms with Gasteiger partial charge in [0, 0.05) is 19.1 Å². The number of phenols is 1. The van der Waals surface area contributed by atoms with Crippen molar-refractivity contribution >= 4 is 5.91 Å². The number of ether oxygens (including phenoxy) is 1. The SMILES string of the molecule is COC[C@@H]1CCC[C@@H]1NC(=O)Cc1cccc(O)c1. The van der Waals surface area contributed by atoms with E-state index in [2.05, 4.69) is 5.32 Å². The molecule has 0 aliphatic heterocycles. The molecule has 4 heteroatoms. The highest BCUT2D eigenvalue weighted by atomic mass is 16.5. The molecule has 0 radical (unpaired) electrons. The molecule has 2 atom stereocenters. The second-order valence-electron chi connectivity index (χ2n) is 5.17. The monoisotopic (exact) mass is 263 g/mol. The first-order valence-electron chi connectivity index (χ1n) is 6.75.